The molecule has 1 heterocycles. The maximum atomic E-state index is 11.9. The zero-order chi connectivity index (χ0) is 9.90. The van der Waals surface area contributed by atoms with Crippen LogP contribution < -0.4 is 51.4 Å². The van der Waals surface area contributed by atoms with Gasteiger partial charge in [-0.25, -0.2) is 0 Å². The molecule has 0 saturated carbocycles. The fraction of sp³-hybridized carbons (Fsp3) is 0.125. The Balaban J connectivity index is 0.00000169. The molecule has 68 valence electrons. The van der Waals surface area contributed by atoms with Gasteiger partial charge in [0.15, 0.2) is 0 Å². The van der Waals surface area contributed by atoms with Crippen molar-refractivity contribution in [1.29, 1.82) is 0 Å². The predicted octanol–water partition coefficient (Wildman–Crippen LogP) is -1.00. The van der Waals surface area contributed by atoms with Gasteiger partial charge >= 0.3 is 58.4 Å². The topological polar surface area (TPSA) is 12.9 Å². The van der Waals surface area contributed by atoms with Crippen LogP contribution in [0.5, 0.6) is 0 Å². The van der Waals surface area contributed by atoms with Gasteiger partial charge in [0.2, 0.25) is 0 Å². The average Bonchev–Trinajstić information content (AvgIpc) is 2.01. The molecule has 0 aromatic carbocycles. The zero-order valence-electron chi connectivity index (χ0n) is 7.67. The van der Waals surface area contributed by atoms with Gasteiger partial charge in [0.25, 0.3) is 0 Å². The van der Waals surface area contributed by atoms with E-state index in [1.807, 2.05) is 0 Å². The Bertz CT molecular complexity index is 345. The Morgan fingerprint density at radius 1 is 1.43 bits per heavy atom. The molecule has 0 bridgehead atoms. The van der Waals surface area contributed by atoms with E-state index in [0.29, 0.717) is 5.56 Å². The van der Waals surface area contributed by atoms with E-state index < -0.39 is 13.3 Å². The predicted molar refractivity (Wildman–Crippen MR) is 45.0 cm³/mol. The van der Waals surface area contributed by atoms with E-state index in [9.17, 15) is 12.9 Å². The molecule has 0 saturated heterocycles. The summed E-state index contributed by atoms with van der Waals surface area (Å²) in [4.78, 5) is 3.57. The number of halogens is 3. The molecule has 0 spiro atoms. The molecule has 0 radical (unpaired) electrons. The maximum Gasteiger partial charge on any atom is 1.00 e. The molecule has 14 heavy (non-hydrogen) atoms. The minimum atomic E-state index is -4.83. The Labute approximate surface area is 123 Å². The van der Waals surface area contributed by atoms with Crippen LogP contribution in [0.4, 0.5) is 12.9 Å². The van der Waals surface area contributed by atoms with E-state index >= 15 is 0 Å². The maximum absolute atomic E-state index is 11.9. The van der Waals surface area contributed by atoms with E-state index in [0.717, 1.165) is 0 Å². The number of hydrogen-bond acceptors (Lipinski definition) is 1. The number of hydrogen-bond donors (Lipinski definition) is 0. The first-order chi connectivity index (χ1) is 6.01. The molecule has 0 aliphatic rings. The van der Waals surface area contributed by atoms with E-state index in [1.54, 1.807) is 0 Å². The molecular weight excluding hydrogens is 217 g/mol. The second kappa shape index (κ2) is 5.93. The van der Waals surface area contributed by atoms with Gasteiger partial charge in [-0.15, -0.1) is 6.42 Å². The van der Waals surface area contributed by atoms with Crippen molar-refractivity contribution in [2.24, 2.45) is 0 Å². The van der Waals surface area contributed by atoms with E-state index in [1.165, 1.54) is 18.3 Å². The minimum absolute atomic E-state index is 0. The number of terminal acetylenes is 1. The molecular formula is C8H6BF3KN. The molecule has 0 atom stereocenters. The van der Waals surface area contributed by atoms with Gasteiger partial charge < -0.3 is 12.9 Å². The van der Waals surface area contributed by atoms with E-state index in [2.05, 4.69) is 10.9 Å². The molecule has 0 unspecified atom stereocenters. The summed E-state index contributed by atoms with van der Waals surface area (Å²) < 4.78 is 35.8. The van der Waals surface area contributed by atoms with Gasteiger partial charge in [0.1, 0.15) is 0 Å². The molecule has 0 N–H and O–H groups in total. The van der Waals surface area contributed by atoms with Gasteiger partial charge in [-0.3, -0.25) is 4.98 Å². The first-order valence-corrected chi connectivity index (χ1v) is 3.64. The molecule has 0 aliphatic carbocycles. The van der Waals surface area contributed by atoms with E-state index in [4.69, 9.17) is 6.42 Å². The summed E-state index contributed by atoms with van der Waals surface area (Å²) in [6, 6.07) is 2.77. The zero-order valence-corrected chi connectivity index (χ0v) is 10.8. The van der Waals surface area contributed by atoms with Gasteiger partial charge in [-0.05, 0) is 18.5 Å². The molecule has 1 nitrogen and oxygen atoms in total. The Hall–Kier alpha value is 0.201. The summed E-state index contributed by atoms with van der Waals surface area (Å²) in [5.74, 6) is 2.25. The van der Waals surface area contributed by atoms with Crippen molar-refractivity contribution >= 4 is 6.98 Å². The van der Waals surface area contributed by atoms with Crippen LogP contribution in [0.25, 0.3) is 0 Å². The third kappa shape index (κ3) is 5.17. The monoisotopic (exact) mass is 223 g/mol. The van der Waals surface area contributed by atoms with Crippen molar-refractivity contribution in [3.05, 3.63) is 29.6 Å². The third-order valence-corrected chi connectivity index (χ3v) is 1.42. The van der Waals surface area contributed by atoms with Gasteiger partial charge in [0.05, 0.1) is 0 Å². The fourth-order valence-electron chi connectivity index (χ4n) is 0.917. The van der Waals surface area contributed by atoms with Crippen molar-refractivity contribution in [3.63, 3.8) is 0 Å². The molecule has 1 rings (SSSR count). The molecule has 0 amide bonds. The van der Waals surface area contributed by atoms with Gasteiger partial charge in [-0.2, -0.15) is 0 Å². The molecule has 1 aromatic heterocycles. The van der Waals surface area contributed by atoms with Crippen molar-refractivity contribution in [3.8, 4) is 12.3 Å². The summed E-state index contributed by atoms with van der Waals surface area (Å²) in [5.41, 5.74) is 0.396. The van der Waals surface area contributed by atoms with Crippen LogP contribution in [-0.2, 0) is 6.32 Å². The SMILES string of the molecule is C#Cc1ccnc(C[B-](F)(F)F)c1.[K+]. The van der Waals surface area contributed by atoms with E-state index in [-0.39, 0.29) is 57.1 Å². The third-order valence-electron chi connectivity index (χ3n) is 1.42. The average molecular weight is 223 g/mol. The molecule has 1 aromatic rings. The van der Waals surface area contributed by atoms with Gasteiger partial charge in [0, 0.05) is 17.5 Å². The first kappa shape index (κ1) is 14.2. The summed E-state index contributed by atoms with van der Waals surface area (Å²) in [5, 5.41) is 0. The normalized spacial score (nSPS) is 10.1. The molecule has 0 aliphatic heterocycles. The van der Waals surface area contributed by atoms with Gasteiger partial charge in [-0.1, -0.05) is 5.92 Å². The molecule has 6 heteroatoms. The van der Waals surface area contributed by atoms with Crippen LogP contribution in [0.2, 0.25) is 0 Å². The largest absolute Gasteiger partial charge is 1.00 e. The van der Waals surface area contributed by atoms with Crippen LogP contribution in [-0.4, -0.2) is 12.0 Å². The summed E-state index contributed by atoms with van der Waals surface area (Å²) in [6.45, 7) is -4.83. The number of pyridine rings is 1. The summed E-state index contributed by atoms with van der Waals surface area (Å²) in [7, 11) is 0. The van der Waals surface area contributed by atoms with Crippen LogP contribution in [0.15, 0.2) is 18.3 Å². The van der Waals surface area contributed by atoms with Crippen LogP contribution in [0.1, 0.15) is 11.3 Å². The summed E-state index contributed by atoms with van der Waals surface area (Å²) in [6.07, 6.45) is 5.34. The minimum Gasteiger partial charge on any atom is -0.449 e. The fourth-order valence-corrected chi connectivity index (χ4v) is 0.917. The number of nitrogens with zero attached hydrogens (tertiary/aromatic N) is 1. The second-order valence-electron chi connectivity index (χ2n) is 2.59. The number of aromatic nitrogens is 1. The first-order valence-electron chi connectivity index (χ1n) is 3.64. The quantitative estimate of drug-likeness (QED) is 0.462. The van der Waals surface area contributed by atoms with Crippen molar-refractivity contribution in [1.82, 2.24) is 4.98 Å². The number of rotatable bonds is 2. The second-order valence-corrected chi connectivity index (χ2v) is 2.59. The van der Waals surface area contributed by atoms with Crippen LogP contribution in [0, 0.1) is 12.3 Å². The summed E-state index contributed by atoms with van der Waals surface area (Å²) >= 11 is 0. The van der Waals surface area contributed by atoms with Crippen LogP contribution in [0.3, 0.4) is 0 Å². The Morgan fingerprint density at radius 2 is 2.07 bits per heavy atom. The Kier molecular flexibility index (Phi) is 6.02. The smallest absolute Gasteiger partial charge is 0.449 e. The Morgan fingerprint density at radius 3 is 2.57 bits per heavy atom. The van der Waals surface area contributed by atoms with Crippen molar-refractivity contribution in [2.45, 2.75) is 6.32 Å². The standard InChI is InChI=1S/C8H6BF3N.K/c1-2-7-3-4-13-8(5-7)6-9(10,11)12;/h1,3-5H,6H2;/q-1;+1. The van der Waals surface area contributed by atoms with Crippen molar-refractivity contribution < 1.29 is 64.3 Å². The van der Waals surface area contributed by atoms with Crippen LogP contribution >= 0.6 is 0 Å². The molecule has 0 fully saturated rings. The van der Waals surface area contributed by atoms with Crippen molar-refractivity contribution in [2.75, 3.05) is 0 Å².